The molecule has 3 rings (SSSR count). The highest BCUT2D eigenvalue weighted by molar-refractivity contribution is 5.78. The molecular weight excluding hydrogens is 322 g/mol. The van der Waals surface area contributed by atoms with E-state index in [0.29, 0.717) is 24.4 Å². The highest BCUT2D eigenvalue weighted by Gasteiger charge is 2.21. The standard InChI is InChI=1S/C15H16F2N4O3/c16-12(17)8-23-10-5-6-18-11(7-10)15-20-14(24-21-15)4-2-9-1-3-13(22)19-9/h5-7,9,12H,1-4,8H2,(H,19,22). The summed E-state index contributed by atoms with van der Waals surface area (Å²) in [6.45, 7) is -0.686. The van der Waals surface area contributed by atoms with E-state index in [9.17, 15) is 13.6 Å². The minimum absolute atomic E-state index is 0.0658. The molecule has 2 aromatic rings. The van der Waals surface area contributed by atoms with E-state index in [2.05, 4.69) is 20.4 Å². The smallest absolute Gasteiger partial charge is 0.272 e. The van der Waals surface area contributed by atoms with Crippen LogP contribution in [-0.2, 0) is 11.2 Å². The van der Waals surface area contributed by atoms with Crippen molar-refractivity contribution in [1.82, 2.24) is 20.4 Å². The Balaban J connectivity index is 1.60. The average molecular weight is 338 g/mol. The van der Waals surface area contributed by atoms with Gasteiger partial charge in [0.2, 0.25) is 17.6 Å². The van der Waals surface area contributed by atoms with Crippen LogP contribution in [0.3, 0.4) is 0 Å². The van der Waals surface area contributed by atoms with Gasteiger partial charge in [0.1, 0.15) is 18.1 Å². The number of carbonyl (C=O) groups excluding carboxylic acids is 1. The molecule has 24 heavy (non-hydrogen) atoms. The number of ether oxygens (including phenoxy) is 1. The lowest BCUT2D eigenvalue weighted by atomic mass is 10.1. The van der Waals surface area contributed by atoms with Gasteiger partial charge < -0.3 is 14.6 Å². The van der Waals surface area contributed by atoms with E-state index in [-0.39, 0.29) is 23.5 Å². The molecule has 3 heterocycles. The first-order chi connectivity index (χ1) is 11.6. The fraction of sp³-hybridized carbons (Fsp3) is 0.467. The van der Waals surface area contributed by atoms with E-state index >= 15 is 0 Å². The minimum atomic E-state index is -2.55. The fourth-order valence-corrected chi connectivity index (χ4v) is 2.43. The van der Waals surface area contributed by atoms with Crippen molar-refractivity contribution in [3.8, 4) is 17.3 Å². The van der Waals surface area contributed by atoms with Crippen molar-refractivity contribution in [2.24, 2.45) is 0 Å². The fourth-order valence-electron chi connectivity index (χ4n) is 2.43. The Labute approximate surface area is 136 Å². The molecule has 0 aromatic carbocycles. The third-order valence-corrected chi connectivity index (χ3v) is 3.60. The van der Waals surface area contributed by atoms with Gasteiger partial charge in [-0.05, 0) is 18.9 Å². The van der Waals surface area contributed by atoms with E-state index in [1.54, 1.807) is 0 Å². The van der Waals surface area contributed by atoms with Gasteiger partial charge in [0.05, 0.1) is 0 Å². The maximum atomic E-state index is 12.2. The second-order valence-electron chi connectivity index (χ2n) is 5.43. The molecule has 1 unspecified atom stereocenters. The lowest BCUT2D eigenvalue weighted by molar-refractivity contribution is -0.119. The summed E-state index contributed by atoms with van der Waals surface area (Å²) in [5.41, 5.74) is 0.380. The zero-order valence-corrected chi connectivity index (χ0v) is 12.7. The second-order valence-corrected chi connectivity index (χ2v) is 5.43. The van der Waals surface area contributed by atoms with Gasteiger partial charge in [0.25, 0.3) is 6.43 Å². The predicted octanol–water partition coefficient (Wildman–Crippen LogP) is 1.99. The SMILES string of the molecule is O=C1CCC(CCc2nc(-c3cc(OCC(F)F)ccn3)no2)N1. The van der Waals surface area contributed by atoms with Crippen molar-refractivity contribution in [2.75, 3.05) is 6.61 Å². The summed E-state index contributed by atoms with van der Waals surface area (Å²) in [6, 6.07) is 3.10. The van der Waals surface area contributed by atoms with Crippen LogP contribution in [0.1, 0.15) is 25.2 Å². The summed E-state index contributed by atoms with van der Waals surface area (Å²) in [4.78, 5) is 19.5. The first-order valence-corrected chi connectivity index (χ1v) is 7.59. The van der Waals surface area contributed by atoms with Crippen LogP contribution in [0.2, 0.25) is 0 Å². The average Bonchev–Trinajstić information content (AvgIpc) is 3.20. The third-order valence-electron chi connectivity index (χ3n) is 3.60. The van der Waals surface area contributed by atoms with Gasteiger partial charge in [0.15, 0.2) is 0 Å². The Morgan fingerprint density at radius 2 is 2.33 bits per heavy atom. The van der Waals surface area contributed by atoms with Crippen molar-refractivity contribution in [3.05, 3.63) is 24.2 Å². The van der Waals surface area contributed by atoms with Gasteiger partial charge in [-0.15, -0.1) is 0 Å². The Morgan fingerprint density at radius 3 is 3.08 bits per heavy atom. The Morgan fingerprint density at radius 1 is 1.46 bits per heavy atom. The molecule has 128 valence electrons. The van der Waals surface area contributed by atoms with Crippen molar-refractivity contribution < 1.29 is 22.8 Å². The molecule has 0 aliphatic carbocycles. The maximum absolute atomic E-state index is 12.2. The monoisotopic (exact) mass is 338 g/mol. The second kappa shape index (κ2) is 7.33. The molecule has 0 spiro atoms. The zero-order valence-electron chi connectivity index (χ0n) is 12.7. The van der Waals surface area contributed by atoms with Crippen molar-refractivity contribution in [1.29, 1.82) is 0 Å². The number of hydrogen-bond acceptors (Lipinski definition) is 6. The summed E-state index contributed by atoms with van der Waals surface area (Å²) in [5.74, 6) is 1.03. The number of nitrogens with zero attached hydrogens (tertiary/aromatic N) is 3. The summed E-state index contributed by atoms with van der Waals surface area (Å²) in [7, 11) is 0. The van der Waals surface area contributed by atoms with Gasteiger partial charge in [-0.1, -0.05) is 5.16 Å². The number of rotatable bonds is 7. The number of hydrogen-bond donors (Lipinski definition) is 1. The number of pyridine rings is 1. The molecule has 1 aliphatic heterocycles. The molecule has 1 atom stereocenters. The topological polar surface area (TPSA) is 90.1 Å². The van der Waals surface area contributed by atoms with Crippen molar-refractivity contribution >= 4 is 5.91 Å². The molecule has 9 heteroatoms. The van der Waals surface area contributed by atoms with Crippen LogP contribution in [0.5, 0.6) is 5.75 Å². The lowest BCUT2D eigenvalue weighted by Crippen LogP contribution is -2.25. The summed E-state index contributed by atoms with van der Waals surface area (Å²) >= 11 is 0. The van der Waals surface area contributed by atoms with Crippen LogP contribution < -0.4 is 10.1 Å². The van der Waals surface area contributed by atoms with E-state index in [4.69, 9.17) is 9.26 Å². The van der Waals surface area contributed by atoms with Gasteiger partial charge in [0, 0.05) is 31.1 Å². The Kier molecular flexibility index (Phi) is 4.97. The molecule has 1 fully saturated rings. The molecule has 1 aliphatic rings. The van der Waals surface area contributed by atoms with Gasteiger partial charge in [-0.25, -0.2) is 8.78 Å². The largest absolute Gasteiger partial charge is 0.488 e. The van der Waals surface area contributed by atoms with Crippen LogP contribution >= 0.6 is 0 Å². The highest BCUT2D eigenvalue weighted by Crippen LogP contribution is 2.20. The maximum Gasteiger partial charge on any atom is 0.272 e. The number of amides is 1. The summed E-state index contributed by atoms with van der Waals surface area (Å²) < 4.78 is 34.5. The number of aryl methyl sites for hydroxylation is 1. The Hall–Kier alpha value is -2.58. The van der Waals surface area contributed by atoms with Crippen LogP contribution in [0.25, 0.3) is 11.5 Å². The van der Waals surface area contributed by atoms with E-state index in [1.807, 2.05) is 0 Å². The van der Waals surface area contributed by atoms with Gasteiger partial charge in [-0.3, -0.25) is 9.78 Å². The van der Waals surface area contributed by atoms with Crippen molar-refractivity contribution in [3.63, 3.8) is 0 Å². The molecule has 2 aromatic heterocycles. The number of halogens is 2. The number of nitrogens with one attached hydrogen (secondary N) is 1. The van der Waals surface area contributed by atoms with Gasteiger partial charge >= 0.3 is 0 Å². The molecule has 1 saturated heterocycles. The molecule has 1 amide bonds. The highest BCUT2D eigenvalue weighted by atomic mass is 19.3. The molecule has 1 N–H and O–H groups in total. The minimum Gasteiger partial charge on any atom is -0.488 e. The molecule has 0 radical (unpaired) electrons. The number of carbonyl (C=O) groups is 1. The van der Waals surface area contributed by atoms with E-state index < -0.39 is 13.0 Å². The van der Waals surface area contributed by atoms with Crippen LogP contribution in [0, 0.1) is 0 Å². The normalized spacial score (nSPS) is 17.3. The number of aromatic nitrogens is 3. The van der Waals surface area contributed by atoms with E-state index in [0.717, 1.165) is 12.8 Å². The number of alkyl halides is 2. The van der Waals surface area contributed by atoms with Gasteiger partial charge in [-0.2, -0.15) is 4.98 Å². The first kappa shape index (κ1) is 16.3. The molecule has 7 nitrogen and oxygen atoms in total. The summed E-state index contributed by atoms with van der Waals surface area (Å²) in [6.07, 6.45) is 1.51. The third kappa shape index (κ3) is 4.24. The van der Waals surface area contributed by atoms with Crippen LogP contribution in [0.15, 0.2) is 22.9 Å². The lowest BCUT2D eigenvalue weighted by Gasteiger charge is -2.06. The molecule has 0 bridgehead atoms. The predicted molar refractivity (Wildman–Crippen MR) is 78.5 cm³/mol. The van der Waals surface area contributed by atoms with E-state index in [1.165, 1.54) is 18.3 Å². The first-order valence-electron chi connectivity index (χ1n) is 7.59. The van der Waals surface area contributed by atoms with Crippen LogP contribution in [0.4, 0.5) is 8.78 Å². The summed E-state index contributed by atoms with van der Waals surface area (Å²) in [5, 5.41) is 6.72. The quantitative estimate of drug-likeness (QED) is 0.830. The zero-order chi connectivity index (χ0) is 16.9. The Bertz CT molecular complexity index is 708. The van der Waals surface area contributed by atoms with Crippen LogP contribution in [-0.4, -0.2) is 40.1 Å². The molecular formula is C15H16F2N4O3. The molecule has 0 saturated carbocycles. The van der Waals surface area contributed by atoms with Crippen molar-refractivity contribution in [2.45, 2.75) is 38.2 Å².